The topological polar surface area (TPSA) is 68.5 Å². The molecule has 0 fully saturated rings. The lowest BCUT2D eigenvalue weighted by molar-refractivity contribution is 0.102. The van der Waals surface area contributed by atoms with Crippen molar-refractivity contribution >= 4 is 17.2 Å². The molecule has 6 heteroatoms. The number of hydrogen-bond donors (Lipinski definition) is 1. The largest absolute Gasteiger partial charge is 0.497 e. The van der Waals surface area contributed by atoms with Gasteiger partial charge in [-0.25, -0.2) is 9.50 Å². The minimum Gasteiger partial charge on any atom is -0.497 e. The maximum absolute atomic E-state index is 12.6. The van der Waals surface area contributed by atoms with Crippen molar-refractivity contribution < 1.29 is 9.53 Å². The van der Waals surface area contributed by atoms with Gasteiger partial charge in [0, 0.05) is 29.4 Å². The number of aromatic nitrogens is 3. The van der Waals surface area contributed by atoms with Gasteiger partial charge in [0.15, 0.2) is 5.65 Å². The summed E-state index contributed by atoms with van der Waals surface area (Å²) in [4.78, 5) is 17.0. The zero-order valence-corrected chi connectivity index (χ0v) is 15.1. The number of anilines is 1. The molecule has 6 nitrogen and oxygen atoms in total. The zero-order chi connectivity index (χ0) is 18.2. The summed E-state index contributed by atoms with van der Waals surface area (Å²) in [6.45, 7) is 8.16. The van der Waals surface area contributed by atoms with E-state index in [0.717, 1.165) is 17.0 Å². The Morgan fingerprint density at radius 1 is 1.24 bits per heavy atom. The molecule has 0 saturated heterocycles. The molecule has 1 N–H and O–H groups in total. The van der Waals surface area contributed by atoms with Crippen molar-refractivity contribution in [1.29, 1.82) is 0 Å². The number of carbonyl (C=O) groups excluding carboxylic acids is 1. The average Bonchev–Trinajstić information content (AvgIpc) is 3.00. The van der Waals surface area contributed by atoms with E-state index in [0.29, 0.717) is 17.0 Å². The van der Waals surface area contributed by atoms with Crippen LogP contribution in [-0.2, 0) is 5.41 Å². The third-order valence-corrected chi connectivity index (χ3v) is 4.06. The predicted octanol–water partition coefficient (Wildman–Crippen LogP) is 3.60. The van der Waals surface area contributed by atoms with Crippen LogP contribution in [0.15, 0.2) is 36.5 Å². The van der Waals surface area contributed by atoms with Gasteiger partial charge >= 0.3 is 0 Å². The molecule has 0 unspecified atom stereocenters. The molecule has 25 heavy (non-hydrogen) atoms. The van der Waals surface area contributed by atoms with Crippen molar-refractivity contribution in [3.8, 4) is 5.75 Å². The first kappa shape index (κ1) is 17.0. The first-order chi connectivity index (χ1) is 11.8. The fraction of sp³-hybridized carbons (Fsp3) is 0.316. The number of fused-ring (bicyclic) bond motifs is 1. The van der Waals surface area contributed by atoms with Crippen molar-refractivity contribution in [2.45, 2.75) is 33.1 Å². The van der Waals surface area contributed by atoms with Gasteiger partial charge in [-0.1, -0.05) is 26.8 Å². The van der Waals surface area contributed by atoms with E-state index in [2.05, 4.69) is 36.2 Å². The average molecular weight is 338 g/mol. The predicted molar refractivity (Wildman–Crippen MR) is 97.4 cm³/mol. The van der Waals surface area contributed by atoms with Crippen LogP contribution in [0.5, 0.6) is 5.75 Å². The van der Waals surface area contributed by atoms with Gasteiger partial charge in [0.05, 0.1) is 24.1 Å². The molecule has 1 amide bonds. The second-order valence-corrected chi connectivity index (χ2v) is 6.99. The number of carbonyl (C=O) groups is 1. The Kier molecular flexibility index (Phi) is 4.20. The highest BCUT2D eigenvalue weighted by molar-refractivity contribution is 6.05. The monoisotopic (exact) mass is 338 g/mol. The lowest BCUT2D eigenvalue weighted by Gasteiger charge is -2.13. The lowest BCUT2D eigenvalue weighted by Crippen LogP contribution is -2.16. The van der Waals surface area contributed by atoms with E-state index >= 15 is 0 Å². The summed E-state index contributed by atoms with van der Waals surface area (Å²) in [6, 6.07) is 9.19. The molecule has 130 valence electrons. The fourth-order valence-electron chi connectivity index (χ4n) is 2.54. The maximum atomic E-state index is 12.6. The number of nitrogens with one attached hydrogen (secondary N) is 1. The molecule has 0 bridgehead atoms. The van der Waals surface area contributed by atoms with E-state index in [1.54, 1.807) is 23.9 Å². The number of nitrogens with zero attached hydrogens (tertiary/aromatic N) is 3. The van der Waals surface area contributed by atoms with Gasteiger partial charge in [-0.05, 0) is 19.1 Å². The van der Waals surface area contributed by atoms with Gasteiger partial charge < -0.3 is 10.1 Å². The summed E-state index contributed by atoms with van der Waals surface area (Å²) in [5, 5.41) is 7.49. The fourth-order valence-corrected chi connectivity index (χ4v) is 2.54. The molecule has 0 aliphatic carbocycles. The number of methoxy groups -OCH3 is 1. The molecule has 0 atom stereocenters. The van der Waals surface area contributed by atoms with Crippen LogP contribution >= 0.6 is 0 Å². The van der Waals surface area contributed by atoms with E-state index in [9.17, 15) is 4.79 Å². The van der Waals surface area contributed by atoms with Gasteiger partial charge in [0.2, 0.25) is 0 Å². The Morgan fingerprint density at radius 3 is 2.68 bits per heavy atom. The minimum absolute atomic E-state index is 0.0802. The summed E-state index contributed by atoms with van der Waals surface area (Å²) in [5.41, 5.74) is 3.50. The quantitative estimate of drug-likeness (QED) is 0.792. The molecule has 0 spiro atoms. The number of amides is 1. The second-order valence-electron chi connectivity index (χ2n) is 6.99. The summed E-state index contributed by atoms with van der Waals surface area (Å²) in [6.07, 6.45) is 1.59. The molecule has 0 aliphatic heterocycles. The van der Waals surface area contributed by atoms with Crippen LogP contribution in [0, 0.1) is 6.92 Å². The highest BCUT2D eigenvalue weighted by atomic mass is 16.5. The van der Waals surface area contributed by atoms with Crippen LogP contribution in [-0.4, -0.2) is 27.6 Å². The molecule has 3 aromatic rings. The molecule has 0 aliphatic rings. The third kappa shape index (κ3) is 3.33. The second kappa shape index (κ2) is 6.20. The van der Waals surface area contributed by atoms with Crippen LogP contribution in [0.25, 0.3) is 5.65 Å². The van der Waals surface area contributed by atoms with Crippen molar-refractivity contribution in [3.05, 3.63) is 53.5 Å². The Hall–Kier alpha value is -2.89. The van der Waals surface area contributed by atoms with Gasteiger partial charge in [-0.2, -0.15) is 5.10 Å². The minimum atomic E-state index is -0.229. The molecule has 3 rings (SSSR count). The van der Waals surface area contributed by atoms with Gasteiger partial charge in [0.1, 0.15) is 5.75 Å². The van der Waals surface area contributed by atoms with Crippen molar-refractivity contribution in [3.63, 3.8) is 0 Å². The molecule has 1 aromatic carbocycles. The Labute approximate surface area is 146 Å². The maximum Gasteiger partial charge on any atom is 0.259 e. The summed E-state index contributed by atoms with van der Waals surface area (Å²) in [7, 11) is 1.59. The molecule has 2 aromatic heterocycles. The first-order valence-corrected chi connectivity index (χ1v) is 8.11. The lowest BCUT2D eigenvalue weighted by atomic mass is 9.93. The number of ether oxygens (including phenoxy) is 1. The zero-order valence-electron chi connectivity index (χ0n) is 15.1. The van der Waals surface area contributed by atoms with E-state index in [4.69, 9.17) is 4.74 Å². The molecule has 0 saturated carbocycles. The van der Waals surface area contributed by atoms with Crippen molar-refractivity contribution in [1.82, 2.24) is 14.6 Å². The molecular formula is C19H22N4O2. The Balaban J connectivity index is 1.95. The molecule has 0 radical (unpaired) electrons. The number of rotatable bonds is 3. The van der Waals surface area contributed by atoms with Crippen LogP contribution in [0.3, 0.4) is 0 Å². The highest BCUT2D eigenvalue weighted by Crippen LogP contribution is 2.23. The van der Waals surface area contributed by atoms with E-state index in [-0.39, 0.29) is 11.3 Å². The normalized spacial score (nSPS) is 11.6. The van der Waals surface area contributed by atoms with Gasteiger partial charge in [0.25, 0.3) is 5.91 Å². The van der Waals surface area contributed by atoms with Crippen molar-refractivity contribution in [2.75, 3.05) is 12.4 Å². The van der Waals surface area contributed by atoms with E-state index in [1.807, 2.05) is 31.2 Å². The molecule has 2 heterocycles. The molecular weight excluding hydrogens is 316 g/mol. The Morgan fingerprint density at radius 2 is 2.00 bits per heavy atom. The van der Waals surface area contributed by atoms with Crippen LogP contribution in [0.2, 0.25) is 0 Å². The smallest absolute Gasteiger partial charge is 0.259 e. The number of hydrogen-bond acceptors (Lipinski definition) is 4. The van der Waals surface area contributed by atoms with E-state index in [1.165, 1.54) is 0 Å². The standard InChI is InChI=1S/C19H22N4O2/c1-12-15(18(24)21-13-7-6-8-14(9-13)25-5)11-20-17-10-16(19(2,3)4)22-23(12)17/h6-11H,1-5H3,(H,21,24). The number of aryl methyl sites for hydroxylation is 1. The SMILES string of the molecule is COc1cccc(NC(=O)c2cnc3cc(C(C)(C)C)nn3c2C)c1. The number of benzene rings is 1. The summed E-state index contributed by atoms with van der Waals surface area (Å²) in [5.74, 6) is 0.456. The Bertz CT molecular complexity index is 938. The van der Waals surface area contributed by atoms with Crippen LogP contribution < -0.4 is 10.1 Å². The van der Waals surface area contributed by atoms with E-state index < -0.39 is 0 Å². The van der Waals surface area contributed by atoms with Crippen molar-refractivity contribution in [2.24, 2.45) is 0 Å². The summed E-state index contributed by atoms with van der Waals surface area (Å²) < 4.78 is 6.90. The first-order valence-electron chi connectivity index (χ1n) is 8.11. The summed E-state index contributed by atoms with van der Waals surface area (Å²) >= 11 is 0. The third-order valence-electron chi connectivity index (χ3n) is 4.06. The van der Waals surface area contributed by atoms with Crippen LogP contribution in [0.1, 0.15) is 42.5 Å². The van der Waals surface area contributed by atoms with Gasteiger partial charge in [-0.15, -0.1) is 0 Å². The van der Waals surface area contributed by atoms with Gasteiger partial charge in [-0.3, -0.25) is 4.79 Å². The highest BCUT2D eigenvalue weighted by Gasteiger charge is 2.20. The van der Waals surface area contributed by atoms with Crippen LogP contribution in [0.4, 0.5) is 5.69 Å².